The Balaban J connectivity index is 2.35. The van der Waals surface area contributed by atoms with Crippen molar-refractivity contribution in [1.82, 2.24) is 4.90 Å². The van der Waals surface area contributed by atoms with Gasteiger partial charge in [0.25, 0.3) is 5.91 Å². The van der Waals surface area contributed by atoms with Crippen LogP contribution in [0.4, 0.5) is 0 Å². The molecule has 0 bridgehead atoms. The fourth-order valence-corrected chi connectivity index (χ4v) is 2.12. The number of hydrogen-bond acceptors (Lipinski definition) is 3. The molecule has 1 heterocycles. The maximum Gasteiger partial charge on any atom is 0.332 e. The zero-order chi connectivity index (χ0) is 14.2. The van der Waals surface area contributed by atoms with Crippen molar-refractivity contribution in [3.8, 4) is 0 Å². The van der Waals surface area contributed by atoms with Crippen LogP contribution in [0.3, 0.4) is 0 Å². The molecule has 2 aliphatic rings. The third kappa shape index (κ3) is 2.25. The normalized spacial score (nSPS) is 26.1. The summed E-state index contributed by atoms with van der Waals surface area (Å²) < 4.78 is 0. The molecule has 6 heteroatoms. The lowest BCUT2D eigenvalue weighted by Crippen LogP contribution is -2.44. The van der Waals surface area contributed by atoms with Crippen molar-refractivity contribution >= 4 is 17.8 Å². The second-order valence-electron chi connectivity index (χ2n) is 5.08. The third-order valence-corrected chi connectivity index (χ3v) is 3.61. The fourth-order valence-electron chi connectivity index (χ4n) is 2.12. The first-order chi connectivity index (χ1) is 8.85. The Morgan fingerprint density at radius 3 is 2.32 bits per heavy atom. The molecule has 2 N–H and O–H groups in total. The Hall–Kier alpha value is -2.11. The molecule has 2 rings (SSSR count). The molecule has 0 saturated carbocycles. The average molecular weight is 265 g/mol. The molecule has 1 fully saturated rings. The largest absolute Gasteiger partial charge is 0.481 e. The maximum atomic E-state index is 12.1. The number of carboxylic acids is 2. The molecular formula is C13H15NO5. The van der Waals surface area contributed by atoms with Gasteiger partial charge >= 0.3 is 11.9 Å². The van der Waals surface area contributed by atoms with Crippen LogP contribution in [-0.2, 0) is 14.4 Å². The molecule has 1 saturated heterocycles. The third-order valence-electron chi connectivity index (χ3n) is 3.61. The maximum absolute atomic E-state index is 12.1. The minimum Gasteiger partial charge on any atom is -0.481 e. The van der Waals surface area contributed by atoms with E-state index in [9.17, 15) is 19.5 Å². The van der Waals surface area contributed by atoms with E-state index in [1.807, 2.05) is 0 Å². The van der Waals surface area contributed by atoms with Gasteiger partial charge in [0.2, 0.25) is 0 Å². The quantitative estimate of drug-likeness (QED) is 0.781. The summed E-state index contributed by atoms with van der Waals surface area (Å²) in [5, 5.41) is 18.3. The van der Waals surface area contributed by atoms with Gasteiger partial charge in [-0.1, -0.05) is 12.2 Å². The van der Waals surface area contributed by atoms with Crippen LogP contribution in [0.25, 0.3) is 0 Å². The summed E-state index contributed by atoms with van der Waals surface area (Å²) in [5.74, 6) is -2.66. The number of carbonyl (C=O) groups excluding carboxylic acids is 1. The first-order valence-corrected chi connectivity index (χ1v) is 6.03. The molecule has 1 aliphatic heterocycles. The molecule has 1 aliphatic carbocycles. The minimum atomic E-state index is -1.27. The van der Waals surface area contributed by atoms with Crippen molar-refractivity contribution < 1.29 is 24.6 Å². The molecule has 0 aromatic carbocycles. The van der Waals surface area contributed by atoms with E-state index in [0.717, 1.165) is 6.42 Å². The second kappa shape index (κ2) is 4.53. The number of carboxylic acid groups (broad SMARTS) is 2. The van der Waals surface area contributed by atoms with Gasteiger partial charge in [-0.25, -0.2) is 4.79 Å². The zero-order valence-electron chi connectivity index (χ0n) is 10.5. The topological polar surface area (TPSA) is 94.9 Å². The van der Waals surface area contributed by atoms with E-state index in [1.54, 1.807) is 4.90 Å². The smallest absolute Gasteiger partial charge is 0.332 e. The van der Waals surface area contributed by atoms with E-state index >= 15 is 0 Å². The monoisotopic (exact) mass is 265 g/mol. The second-order valence-corrected chi connectivity index (χ2v) is 5.08. The average Bonchev–Trinajstić information content (AvgIpc) is 2.26. The van der Waals surface area contributed by atoms with Crippen molar-refractivity contribution in [1.29, 1.82) is 0 Å². The van der Waals surface area contributed by atoms with E-state index in [0.29, 0.717) is 13.1 Å². The zero-order valence-corrected chi connectivity index (χ0v) is 10.5. The molecule has 0 radical (unpaired) electrons. The summed E-state index contributed by atoms with van der Waals surface area (Å²) >= 11 is 0. The Kier molecular flexibility index (Phi) is 3.18. The molecule has 19 heavy (non-hydrogen) atoms. The van der Waals surface area contributed by atoms with Gasteiger partial charge in [-0.05, 0) is 19.8 Å². The van der Waals surface area contributed by atoms with Crippen LogP contribution in [0.5, 0.6) is 0 Å². The van der Waals surface area contributed by atoms with Gasteiger partial charge in [-0.2, -0.15) is 0 Å². The van der Waals surface area contributed by atoms with Crippen LogP contribution in [-0.4, -0.2) is 46.0 Å². The summed E-state index contributed by atoms with van der Waals surface area (Å²) in [7, 11) is 0. The van der Waals surface area contributed by atoms with Crippen molar-refractivity contribution in [3.63, 3.8) is 0 Å². The van der Waals surface area contributed by atoms with Gasteiger partial charge < -0.3 is 15.1 Å². The van der Waals surface area contributed by atoms with Crippen molar-refractivity contribution in [2.45, 2.75) is 19.8 Å². The van der Waals surface area contributed by atoms with Gasteiger partial charge in [-0.15, -0.1) is 0 Å². The lowest BCUT2D eigenvalue weighted by Gasteiger charge is -2.33. The number of nitrogens with zero attached hydrogens (tertiary/aromatic N) is 1. The lowest BCUT2D eigenvalue weighted by atomic mass is 9.77. The summed E-state index contributed by atoms with van der Waals surface area (Å²) in [6.45, 7) is 2.69. The predicted octanol–water partition coefficient (Wildman–Crippen LogP) is 0.651. The van der Waals surface area contributed by atoms with Crippen molar-refractivity contribution in [2.24, 2.45) is 5.41 Å². The standard InChI is InChI=1S/C13H15NO5/c1-13(12(18)19)4-3-8(9(7-13)11(16)17)10(15)14-5-2-6-14/h3-4H,2,5-7H2,1H3,(H,16,17)(H,18,19). The number of amides is 1. The lowest BCUT2D eigenvalue weighted by molar-refractivity contribution is -0.145. The number of aliphatic carboxylic acids is 2. The first kappa shape index (κ1) is 13.3. The number of rotatable bonds is 3. The highest BCUT2D eigenvalue weighted by Gasteiger charge is 2.39. The fraction of sp³-hybridized carbons (Fsp3) is 0.462. The Morgan fingerprint density at radius 1 is 1.26 bits per heavy atom. The summed E-state index contributed by atoms with van der Waals surface area (Å²) in [6.07, 6.45) is 3.47. The van der Waals surface area contributed by atoms with Crippen LogP contribution in [0, 0.1) is 5.41 Å². The highest BCUT2D eigenvalue weighted by Crippen LogP contribution is 2.35. The molecule has 102 valence electrons. The molecule has 6 nitrogen and oxygen atoms in total. The van der Waals surface area contributed by atoms with Crippen molar-refractivity contribution in [2.75, 3.05) is 13.1 Å². The SMILES string of the molecule is CC1(C(=O)O)C=CC(C(=O)N2CCC2)=C(C(=O)O)C1. The molecule has 0 aromatic rings. The number of hydrogen-bond donors (Lipinski definition) is 2. The molecule has 1 amide bonds. The molecule has 1 atom stereocenters. The van der Waals surface area contributed by atoms with Crippen LogP contribution in [0.2, 0.25) is 0 Å². The van der Waals surface area contributed by atoms with E-state index in [4.69, 9.17) is 5.11 Å². The summed E-state index contributed by atoms with van der Waals surface area (Å²) in [5.41, 5.74) is -1.29. The molecular weight excluding hydrogens is 250 g/mol. The van der Waals surface area contributed by atoms with Gasteiger partial charge in [-0.3, -0.25) is 9.59 Å². The minimum absolute atomic E-state index is 0.103. The van der Waals surface area contributed by atoms with Crippen LogP contribution >= 0.6 is 0 Å². The van der Waals surface area contributed by atoms with E-state index in [1.165, 1.54) is 19.1 Å². The Labute approximate surface area is 110 Å². The van der Waals surface area contributed by atoms with Crippen LogP contribution in [0.15, 0.2) is 23.3 Å². The van der Waals surface area contributed by atoms with Gasteiger partial charge in [0.15, 0.2) is 0 Å². The highest BCUT2D eigenvalue weighted by atomic mass is 16.4. The van der Waals surface area contributed by atoms with Crippen LogP contribution in [0.1, 0.15) is 19.8 Å². The van der Waals surface area contributed by atoms with Crippen molar-refractivity contribution in [3.05, 3.63) is 23.3 Å². The number of likely N-dealkylation sites (tertiary alicyclic amines) is 1. The Bertz CT molecular complexity index is 515. The summed E-state index contributed by atoms with van der Waals surface area (Å²) in [4.78, 5) is 36.1. The molecule has 0 spiro atoms. The highest BCUT2D eigenvalue weighted by molar-refractivity contribution is 6.05. The first-order valence-electron chi connectivity index (χ1n) is 6.03. The number of carbonyl (C=O) groups is 3. The van der Waals surface area contributed by atoms with E-state index in [-0.39, 0.29) is 23.5 Å². The predicted molar refractivity (Wildman–Crippen MR) is 65.4 cm³/mol. The van der Waals surface area contributed by atoms with Gasteiger partial charge in [0.05, 0.1) is 11.0 Å². The molecule has 1 unspecified atom stereocenters. The van der Waals surface area contributed by atoms with E-state index in [2.05, 4.69) is 0 Å². The summed E-state index contributed by atoms with van der Waals surface area (Å²) in [6, 6.07) is 0. The van der Waals surface area contributed by atoms with E-state index < -0.39 is 17.4 Å². The van der Waals surface area contributed by atoms with Gasteiger partial charge in [0, 0.05) is 18.7 Å². The van der Waals surface area contributed by atoms with Gasteiger partial charge in [0.1, 0.15) is 0 Å². The molecule has 0 aromatic heterocycles. The Morgan fingerprint density at radius 2 is 1.89 bits per heavy atom. The van der Waals surface area contributed by atoms with Crippen LogP contribution < -0.4 is 0 Å².